The molecule has 0 saturated carbocycles. The molecule has 1 N–H and O–H groups in total. The molecule has 0 aromatic heterocycles. The zero-order valence-electron chi connectivity index (χ0n) is 23.4. The molecular weight excluding hydrogens is 508 g/mol. The second kappa shape index (κ2) is 14.9. The molecule has 1 fully saturated rings. The van der Waals surface area contributed by atoms with Crippen LogP contribution in [0.15, 0.2) is 120 Å². The normalized spacial score (nSPS) is 13.9. The van der Waals surface area contributed by atoms with Gasteiger partial charge in [0.1, 0.15) is 0 Å². The molecule has 0 spiro atoms. The highest BCUT2D eigenvalue weighted by Gasteiger charge is 2.21. The Labute approximate surface area is 243 Å². The maximum atomic E-state index is 13.7. The fraction of sp³-hybridized carbons (Fsp3) is 0.257. The zero-order chi connectivity index (χ0) is 28.1. The molecule has 1 saturated heterocycles. The van der Waals surface area contributed by atoms with Crippen molar-refractivity contribution in [3.63, 3.8) is 0 Å². The monoisotopic (exact) mass is 546 g/mol. The summed E-state index contributed by atoms with van der Waals surface area (Å²) in [4.78, 5) is 22.6. The van der Waals surface area contributed by atoms with Gasteiger partial charge in [0.05, 0.1) is 18.9 Å². The van der Waals surface area contributed by atoms with Crippen LogP contribution in [0.4, 0.5) is 16.2 Å². The van der Waals surface area contributed by atoms with Gasteiger partial charge in [0.2, 0.25) is 0 Å². The van der Waals surface area contributed by atoms with Crippen molar-refractivity contribution >= 4 is 23.6 Å². The minimum absolute atomic E-state index is 0.0877. The van der Waals surface area contributed by atoms with Crippen LogP contribution in [0.5, 0.6) is 0 Å². The molecule has 0 aliphatic carbocycles. The topological polar surface area (TPSA) is 57.2 Å². The number of morpholine rings is 1. The molecular formula is C35H38N4O2. The average molecular weight is 547 g/mol. The Balaban J connectivity index is 1.30. The molecule has 0 atom stereocenters. The van der Waals surface area contributed by atoms with Crippen LogP contribution >= 0.6 is 0 Å². The van der Waals surface area contributed by atoms with E-state index >= 15 is 0 Å². The van der Waals surface area contributed by atoms with Crippen LogP contribution in [0.25, 0.3) is 0 Å². The smallest absolute Gasteiger partial charge is 0.321 e. The van der Waals surface area contributed by atoms with E-state index in [-0.39, 0.29) is 11.9 Å². The van der Waals surface area contributed by atoms with Gasteiger partial charge in [-0.1, -0.05) is 91.0 Å². The van der Waals surface area contributed by atoms with Gasteiger partial charge in [0.25, 0.3) is 0 Å². The van der Waals surface area contributed by atoms with Crippen LogP contribution in [0.3, 0.4) is 0 Å². The molecule has 6 heteroatoms. The van der Waals surface area contributed by atoms with E-state index in [4.69, 9.17) is 4.74 Å². The molecule has 5 rings (SSSR count). The minimum Gasteiger partial charge on any atom is -0.379 e. The van der Waals surface area contributed by atoms with E-state index in [1.807, 2.05) is 77.8 Å². The standard InChI is InChI=1S/C35H38N4O2/c40-35(37-33-18-10-11-29(27-33)28-36-32-16-8-3-9-17-32)39(22-21-38-23-25-41-26-24-38)20-19-34(30-12-4-1-5-13-30)31-14-6-2-7-15-31/h1-18,27-28,34H,19-26H2,(H,37,40). The second-order valence-electron chi connectivity index (χ2n) is 10.3. The number of nitrogens with one attached hydrogen (secondary N) is 1. The first-order valence-electron chi connectivity index (χ1n) is 14.4. The maximum absolute atomic E-state index is 13.7. The van der Waals surface area contributed by atoms with Gasteiger partial charge in [-0.3, -0.25) is 9.89 Å². The number of ether oxygens (including phenoxy) is 1. The summed E-state index contributed by atoms with van der Waals surface area (Å²) in [7, 11) is 0. The lowest BCUT2D eigenvalue weighted by atomic mass is 9.88. The Kier molecular flexibility index (Phi) is 10.3. The van der Waals surface area contributed by atoms with Crippen LogP contribution < -0.4 is 5.32 Å². The Morgan fingerprint density at radius 2 is 1.46 bits per heavy atom. The van der Waals surface area contributed by atoms with Crippen LogP contribution in [-0.4, -0.2) is 68.0 Å². The van der Waals surface area contributed by atoms with Crippen LogP contribution in [-0.2, 0) is 4.74 Å². The van der Waals surface area contributed by atoms with Gasteiger partial charge < -0.3 is 15.0 Å². The molecule has 41 heavy (non-hydrogen) atoms. The van der Waals surface area contributed by atoms with Crippen molar-refractivity contribution < 1.29 is 9.53 Å². The van der Waals surface area contributed by atoms with Crippen molar-refractivity contribution in [1.29, 1.82) is 0 Å². The lowest BCUT2D eigenvalue weighted by molar-refractivity contribution is 0.0351. The molecule has 1 heterocycles. The predicted molar refractivity (Wildman–Crippen MR) is 167 cm³/mol. The number of anilines is 1. The Morgan fingerprint density at radius 3 is 2.12 bits per heavy atom. The summed E-state index contributed by atoms with van der Waals surface area (Å²) in [6, 6.07) is 38.7. The number of aliphatic imine (C=N–C) groups is 1. The number of benzene rings is 4. The van der Waals surface area contributed by atoms with Crippen LogP contribution in [0.1, 0.15) is 29.0 Å². The molecule has 2 amide bonds. The predicted octanol–water partition coefficient (Wildman–Crippen LogP) is 6.83. The minimum atomic E-state index is -0.0877. The molecule has 4 aromatic carbocycles. The highest BCUT2D eigenvalue weighted by molar-refractivity contribution is 5.91. The lowest BCUT2D eigenvalue weighted by Crippen LogP contribution is -2.44. The summed E-state index contributed by atoms with van der Waals surface area (Å²) in [6.45, 7) is 5.39. The van der Waals surface area contributed by atoms with Gasteiger partial charge in [0, 0.05) is 50.5 Å². The summed E-state index contributed by atoms with van der Waals surface area (Å²) >= 11 is 0. The quantitative estimate of drug-likeness (QED) is 0.210. The zero-order valence-corrected chi connectivity index (χ0v) is 23.4. The molecule has 4 aromatic rings. The van der Waals surface area contributed by atoms with Gasteiger partial charge in [-0.2, -0.15) is 0 Å². The highest BCUT2D eigenvalue weighted by Crippen LogP contribution is 2.28. The van der Waals surface area contributed by atoms with Crippen molar-refractivity contribution in [2.24, 2.45) is 4.99 Å². The molecule has 0 radical (unpaired) electrons. The largest absolute Gasteiger partial charge is 0.379 e. The van der Waals surface area contributed by atoms with Crippen LogP contribution in [0, 0.1) is 0 Å². The number of urea groups is 1. The lowest BCUT2D eigenvalue weighted by Gasteiger charge is -2.31. The molecule has 1 aliphatic heterocycles. The van der Waals surface area contributed by atoms with Gasteiger partial charge in [0.15, 0.2) is 0 Å². The molecule has 210 valence electrons. The van der Waals surface area contributed by atoms with E-state index in [1.165, 1.54) is 11.1 Å². The number of amides is 2. The SMILES string of the molecule is O=C(Nc1cccc(C=Nc2ccccc2)c1)N(CCC(c1ccccc1)c1ccccc1)CCN1CCOCC1. The molecule has 1 aliphatic rings. The van der Waals surface area contributed by atoms with Crippen molar-refractivity contribution in [2.75, 3.05) is 51.3 Å². The van der Waals surface area contributed by atoms with Gasteiger partial charge in [-0.15, -0.1) is 0 Å². The van der Waals surface area contributed by atoms with Gasteiger partial charge >= 0.3 is 6.03 Å². The summed E-state index contributed by atoms with van der Waals surface area (Å²) in [6.07, 6.45) is 2.65. The van der Waals surface area contributed by atoms with Crippen molar-refractivity contribution in [3.8, 4) is 0 Å². The third-order valence-corrected chi connectivity index (χ3v) is 7.43. The fourth-order valence-electron chi connectivity index (χ4n) is 5.15. The van der Waals surface area contributed by atoms with Gasteiger partial charge in [-0.05, 0) is 47.4 Å². The summed E-state index contributed by atoms with van der Waals surface area (Å²) in [5.74, 6) is 0.202. The van der Waals surface area contributed by atoms with E-state index in [2.05, 4.69) is 63.7 Å². The fourth-order valence-corrected chi connectivity index (χ4v) is 5.15. The van der Waals surface area contributed by atoms with Crippen molar-refractivity contribution in [2.45, 2.75) is 12.3 Å². The number of nitrogens with zero attached hydrogens (tertiary/aromatic N) is 3. The third kappa shape index (κ3) is 8.61. The molecule has 0 unspecified atom stereocenters. The third-order valence-electron chi connectivity index (χ3n) is 7.43. The van der Waals surface area contributed by atoms with E-state index in [0.29, 0.717) is 13.1 Å². The first-order valence-corrected chi connectivity index (χ1v) is 14.4. The Hall–Kier alpha value is -4.26. The summed E-state index contributed by atoms with van der Waals surface area (Å²) in [5, 5.41) is 3.15. The first kappa shape index (κ1) is 28.3. The number of rotatable bonds is 11. The van der Waals surface area contributed by atoms with Crippen molar-refractivity contribution in [3.05, 3.63) is 132 Å². The number of para-hydroxylation sites is 1. The number of carbonyl (C=O) groups excluding carboxylic acids is 1. The summed E-state index contributed by atoms with van der Waals surface area (Å²) in [5.41, 5.74) is 5.10. The van der Waals surface area contributed by atoms with Gasteiger partial charge in [-0.25, -0.2) is 4.79 Å². The van der Waals surface area contributed by atoms with Crippen molar-refractivity contribution in [1.82, 2.24) is 9.80 Å². The number of carbonyl (C=O) groups is 1. The van der Waals surface area contributed by atoms with E-state index in [9.17, 15) is 4.79 Å². The molecule has 0 bridgehead atoms. The number of hydrogen-bond acceptors (Lipinski definition) is 4. The van der Waals surface area contributed by atoms with E-state index in [0.717, 1.165) is 56.2 Å². The highest BCUT2D eigenvalue weighted by atomic mass is 16.5. The van der Waals surface area contributed by atoms with E-state index < -0.39 is 0 Å². The Morgan fingerprint density at radius 1 is 0.829 bits per heavy atom. The first-order chi connectivity index (χ1) is 20.2. The molecule has 6 nitrogen and oxygen atoms in total. The van der Waals surface area contributed by atoms with E-state index in [1.54, 1.807) is 0 Å². The number of hydrogen-bond donors (Lipinski definition) is 1. The average Bonchev–Trinajstić information content (AvgIpc) is 3.04. The summed E-state index contributed by atoms with van der Waals surface area (Å²) < 4.78 is 5.52. The second-order valence-corrected chi connectivity index (χ2v) is 10.3. The maximum Gasteiger partial charge on any atom is 0.321 e. The Bertz CT molecular complexity index is 1330. The van der Waals surface area contributed by atoms with Crippen LogP contribution in [0.2, 0.25) is 0 Å².